The SMILES string of the molecule is B.B.O=[Si]([O-])[O-].O=[Si]([O-])[O-].O=[Si]([O-])[O-].O=[Si]([O-])[O-].O=[Si]([O-])[O-].[Bi+3].[Bi+3].[Zn+2].[Zn+2]. The van der Waals surface area contributed by atoms with Gasteiger partial charge in [-0.05, 0) is 0 Å². The zero-order valence-electron chi connectivity index (χ0n) is 10.9. The summed E-state index contributed by atoms with van der Waals surface area (Å²) in [5.74, 6) is 0. The van der Waals surface area contributed by atoms with Crippen molar-refractivity contribution in [2.24, 2.45) is 0 Å². The fourth-order valence-corrected chi connectivity index (χ4v) is 0. The average molecular weight is 957 g/mol. The molecule has 0 fully saturated rings. The quantitative estimate of drug-likeness (QED) is 0.204. The Bertz CT molecular complexity index is 231. The van der Waals surface area contributed by atoms with Crippen LogP contribution in [0.5, 0.6) is 0 Å². The third kappa shape index (κ3) is 9830. The summed E-state index contributed by atoms with van der Waals surface area (Å²) >= 11 is 0. The van der Waals surface area contributed by atoms with Crippen molar-refractivity contribution in [2.75, 3.05) is 0 Å². The van der Waals surface area contributed by atoms with Gasteiger partial charge in [-0.2, -0.15) is 0 Å². The summed E-state index contributed by atoms with van der Waals surface area (Å²) in [6.07, 6.45) is 0. The number of hydrogen-bond acceptors (Lipinski definition) is 15. The molecule has 0 saturated carbocycles. The van der Waals surface area contributed by atoms with Gasteiger partial charge in [0.15, 0.2) is 0 Å². The van der Waals surface area contributed by atoms with Crippen LogP contribution < -0.4 is 48.0 Å². The van der Waals surface area contributed by atoms with Gasteiger partial charge in [-0.25, -0.2) is 0 Å². The Morgan fingerprint density at radius 2 is 0.346 bits per heavy atom. The van der Waals surface area contributed by atoms with Crippen LogP contribution in [-0.2, 0) is 61.3 Å². The molecule has 0 heterocycles. The summed E-state index contributed by atoms with van der Waals surface area (Å²) in [7, 11) is -18.1. The van der Waals surface area contributed by atoms with Crippen molar-refractivity contribution in [3.63, 3.8) is 0 Å². The summed E-state index contributed by atoms with van der Waals surface area (Å²) in [4.78, 5) is 85.2. The minimum atomic E-state index is -3.63. The first-order chi connectivity index (χ1) is 8.66. The standard InChI is InChI=1S/2BH3.2Bi.5O3Si.2Zn/c;;;;5*1-4(2)3;;/h2*1H3;;;;;;;;;/q;;2*+3;5*-2;2*+2. The molecule has 0 aliphatic heterocycles. The van der Waals surface area contributed by atoms with Gasteiger partial charge in [0.1, 0.15) is 0 Å². The molecular weight excluding hydrogens is 951 g/mol. The minimum Gasteiger partial charge on any atom is -0.672 e. The molecule has 0 aromatic heterocycles. The molecule has 0 N–H and O–H groups in total. The topological polar surface area (TPSA) is 316 Å². The van der Waals surface area contributed by atoms with E-state index < -0.39 is 45.9 Å². The average Bonchev–Trinajstić information content (AvgIpc) is 1.94. The van der Waals surface area contributed by atoms with Gasteiger partial charge >= 0.3 is 91.4 Å². The third-order valence-corrected chi connectivity index (χ3v) is 0. The van der Waals surface area contributed by atoms with Gasteiger partial charge in [0.2, 0.25) is 0 Å². The maximum Gasteiger partial charge on any atom is 3.00 e. The Labute approximate surface area is 222 Å². The molecule has 0 amide bonds. The molecule has 15 nitrogen and oxygen atoms in total. The van der Waals surface area contributed by atoms with Crippen LogP contribution >= 0.6 is 0 Å². The van der Waals surface area contributed by atoms with Crippen LogP contribution in [0.4, 0.5) is 0 Å². The van der Waals surface area contributed by atoms with Gasteiger partial charge in [-0.15, -0.1) is 0 Å². The van der Waals surface area contributed by atoms with Crippen molar-refractivity contribution in [1.82, 2.24) is 0 Å². The molecule has 0 atom stereocenters. The maximum atomic E-state index is 8.52. The molecule has 0 aliphatic rings. The van der Waals surface area contributed by atoms with Crippen LogP contribution in [0, 0.1) is 0 Å². The molecular formula is H6B2Bi2O15Si5Zn2. The molecule has 0 bridgehead atoms. The van der Waals surface area contributed by atoms with Crippen LogP contribution in [0.15, 0.2) is 0 Å². The van der Waals surface area contributed by atoms with E-state index in [4.69, 9.17) is 70.3 Å². The monoisotopic (exact) mass is 954 g/mol. The van der Waals surface area contributed by atoms with E-state index in [-0.39, 0.29) is 108 Å². The molecule has 0 aliphatic carbocycles. The first-order valence-electron chi connectivity index (χ1n) is 3.06. The zero-order valence-corrected chi connectivity index (χ0v) is 28.8. The molecule has 0 unspecified atom stereocenters. The fourth-order valence-electron chi connectivity index (χ4n) is 0. The van der Waals surface area contributed by atoms with Crippen molar-refractivity contribution < 1.29 is 109 Å². The summed E-state index contributed by atoms with van der Waals surface area (Å²) in [6, 6.07) is 0. The molecule has 0 aromatic carbocycles. The summed E-state index contributed by atoms with van der Waals surface area (Å²) in [5.41, 5.74) is 0. The predicted molar refractivity (Wildman–Crippen MR) is 63.6 cm³/mol. The smallest absolute Gasteiger partial charge is 0.672 e. The van der Waals surface area contributed by atoms with Gasteiger partial charge in [-0.3, -0.25) is 0 Å². The summed E-state index contributed by atoms with van der Waals surface area (Å²) in [5, 5.41) is 0. The first kappa shape index (κ1) is 71.1. The minimum absolute atomic E-state index is 0. The Balaban J connectivity index is -0.0000000114. The van der Waals surface area contributed by atoms with Crippen molar-refractivity contribution >= 4 is 115 Å². The van der Waals surface area contributed by atoms with Crippen LogP contribution in [0.1, 0.15) is 0 Å². The molecule has 136 valence electrons. The zero-order chi connectivity index (χ0) is 17.9. The van der Waals surface area contributed by atoms with Crippen LogP contribution in [-0.4, -0.2) is 115 Å². The van der Waals surface area contributed by atoms with Crippen LogP contribution in [0.2, 0.25) is 0 Å². The second kappa shape index (κ2) is 63.4. The molecule has 26 heavy (non-hydrogen) atoms. The van der Waals surface area contributed by atoms with Gasteiger partial charge < -0.3 is 70.3 Å². The Morgan fingerprint density at radius 3 is 0.346 bits per heavy atom. The van der Waals surface area contributed by atoms with E-state index >= 15 is 0 Å². The van der Waals surface area contributed by atoms with Gasteiger partial charge in [0, 0.05) is 45.9 Å². The van der Waals surface area contributed by atoms with E-state index in [0.717, 1.165) is 0 Å². The third-order valence-electron chi connectivity index (χ3n) is 0. The van der Waals surface area contributed by atoms with Crippen molar-refractivity contribution in [2.45, 2.75) is 0 Å². The van der Waals surface area contributed by atoms with Crippen LogP contribution in [0.25, 0.3) is 0 Å². The summed E-state index contributed by atoms with van der Waals surface area (Å²) < 4.78 is 42.6. The van der Waals surface area contributed by atoms with Crippen molar-refractivity contribution in [3.8, 4) is 0 Å². The van der Waals surface area contributed by atoms with E-state index in [9.17, 15) is 0 Å². The van der Waals surface area contributed by atoms with Crippen molar-refractivity contribution in [3.05, 3.63) is 0 Å². The molecule has 0 rings (SSSR count). The predicted octanol–water partition coefficient (Wildman–Crippen LogP) is -17.5. The first-order valence-corrected chi connectivity index (χ1v) is 9.19. The maximum absolute atomic E-state index is 8.52. The Hall–Kier alpha value is 1.23. The second-order valence-electron chi connectivity index (χ2n) is 1.25. The number of rotatable bonds is 0. The molecule has 4 radical (unpaired) electrons. The van der Waals surface area contributed by atoms with Crippen LogP contribution in [0.3, 0.4) is 0 Å². The number of hydrogen-bond donors (Lipinski definition) is 0. The molecule has 0 aromatic rings. The Kier molecular flexibility index (Phi) is 173. The van der Waals surface area contributed by atoms with E-state index in [0.29, 0.717) is 0 Å². The largest absolute Gasteiger partial charge is 3.00 e. The second-order valence-corrected chi connectivity index (χ2v) is 3.75. The van der Waals surface area contributed by atoms with E-state index in [2.05, 4.69) is 0 Å². The van der Waals surface area contributed by atoms with Gasteiger partial charge in [-0.1, -0.05) is 0 Å². The van der Waals surface area contributed by atoms with E-state index in [1.165, 1.54) is 0 Å². The van der Waals surface area contributed by atoms with E-state index in [1.54, 1.807) is 0 Å². The Morgan fingerprint density at radius 1 is 0.346 bits per heavy atom. The summed E-state index contributed by atoms with van der Waals surface area (Å²) in [6.45, 7) is 0. The molecule has 0 saturated heterocycles. The van der Waals surface area contributed by atoms with Gasteiger partial charge in [0.05, 0.1) is 16.8 Å². The fraction of sp³-hybridized carbons (Fsp3) is 0. The van der Waals surface area contributed by atoms with Crippen molar-refractivity contribution in [1.29, 1.82) is 0 Å². The normalized spacial score (nSPS) is 4.62. The van der Waals surface area contributed by atoms with Gasteiger partial charge in [0.25, 0.3) is 0 Å². The van der Waals surface area contributed by atoms with E-state index in [1.807, 2.05) is 0 Å². The molecule has 26 heteroatoms. The molecule has 0 spiro atoms.